The highest BCUT2D eigenvalue weighted by Crippen LogP contribution is 2.28. The van der Waals surface area contributed by atoms with Crippen LogP contribution in [-0.2, 0) is 4.79 Å². The van der Waals surface area contributed by atoms with Crippen LogP contribution in [0.5, 0.6) is 0 Å². The molecule has 5 heterocycles. The van der Waals surface area contributed by atoms with Crippen molar-refractivity contribution in [2.45, 2.75) is 19.4 Å². The number of hydrogen-bond donors (Lipinski definition) is 1. The largest absolute Gasteiger partial charge is 0.383 e. The fourth-order valence-electron chi connectivity index (χ4n) is 3.74. The highest BCUT2D eigenvalue weighted by atomic mass is 32.1. The normalized spacial score (nSPS) is 15.9. The molecule has 1 aliphatic rings. The number of likely N-dealkylation sites (tertiary alicyclic amines) is 1. The van der Waals surface area contributed by atoms with Gasteiger partial charge in [0.25, 0.3) is 0 Å². The summed E-state index contributed by atoms with van der Waals surface area (Å²) in [6.07, 6.45) is 5.23. The Kier molecular flexibility index (Phi) is 4.60. The van der Waals surface area contributed by atoms with Crippen LogP contribution in [0, 0.1) is 18.8 Å². The molecule has 0 saturated carbocycles. The van der Waals surface area contributed by atoms with E-state index in [0.29, 0.717) is 35.6 Å². The predicted octanol–water partition coefficient (Wildman–Crippen LogP) is 2.08. The molecule has 154 valence electrons. The number of carbonyl (C=O) groups is 1. The second-order valence-electron chi connectivity index (χ2n) is 7.21. The van der Waals surface area contributed by atoms with Crippen molar-refractivity contribution in [3.05, 3.63) is 47.5 Å². The zero-order valence-corrected chi connectivity index (χ0v) is 17.6. The molecule has 5 rings (SSSR count). The van der Waals surface area contributed by atoms with Crippen molar-refractivity contribution in [2.24, 2.45) is 0 Å². The number of aryl methyl sites for hydroxylation is 1. The van der Waals surface area contributed by atoms with E-state index >= 15 is 0 Å². The standard InChI is InChI=1S/C21H18N8OS/c1-3-17(30)28-7-6-14(10-28)29-20-18(19(22)24-11-25-20)15(27-29)5-4-13-8-16-21(23-9-13)31-12(2)26-16/h3,8-9,11,14H,1,6-7,10H2,2H3,(H2,22,24,25)/t14-/m0/s1. The first-order valence-corrected chi connectivity index (χ1v) is 10.5. The Morgan fingerprint density at radius 2 is 2.23 bits per heavy atom. The minimum Gasteiger partial charge on any atom is -0.383 e. The maximum Gasteiger partial charge on any atom is 0.246 e. The van der Waals surface area contributed by atoms with E-state index in [4.69, 9.17) is 10.8 Å². The third kappa shape index (κ3) is 3.39. The summed E-state index contributed by atoms with van der Waals surface area (Å²) in [5.41, 5.74) is 8.81. The quantitative estimate of drug-likeness (QED) is 0.382. The highest BCUT2D eigenvalue weighted by molar-refractivity contribution is 7.18. The van der Waals surface area contributed by atoms with Crippen LogP contribution in [0.25, 0.3) is 21.4 Å². The van der Waals surface area contributed by atoms with Gasteiger partial charge in [-0.05, 0) is 31.4 Å². The third-order valence-corrected chi connectivity index (χ3v) is 6.09. The van der Waals surface area contributed by atoms with Crippen molar-refractivity contribution in [2.75, 3.05) is 18.8 Å². The maximum atomic E-state index is 12.0. The molecule has 10 heteroatoms. The van der Waals surface area contributed by atoms with E-state index < -0.39 is 0 Å². The highest BCUT2D eigenvalue weighted by Gasteiger charge is 2.29. The topological polar surface area (TPSA) is 116 Å². The van der Waals surface area contributed by atoms with Crippen molar-refractivity contribution in [3.8, 4) is 11.8 Å². The molecule has 1 amide bonds. The van der Waals surface area contributed by atoms with Crippen LogP contribution in [0.4, 0.5) is 5.82 Å². The van der Waals surface area contributed by atoms with Crippen molar-refractivity contribution in [1.29, 1.82) is 0 Å². The van der Waals surface area contributed by atoms with Gasteiger partial charge in [0.15, 0.2) is 5.65 Å². The number of anilines is 1. The van der Waals surface area contributed by atoms with Gasteiger partial charge in [0.1, 0.15) is 28.2 Å². The molecule has 1 atom stereocenters. The smallest absolute Gasteiger partial charge is 0.246 e. The van der Waals surface area contributed by atoms with Crippen LogP contribution in [0.1, 0.15) is 28.7 Å². The number of nitrogen functional groups attached to an aromatic ring is 1. The van der Waals surface area contributed by atoms with E-state index in [0.717, 1.165) is 27.3 Å². The first-order valence-electron chi connectivity index (χ1n) is 9.68. The first kappa shape index (κ1) is 19.1. The molecular weight excluding hydrogens is 412 g/mol. The van der Waals surface area contributed by atoms with Crippen LogP contribution in [-0.4, -0.2) is 53.6 Å². The third-order valence-electron chi connectivity index (χ3n) is 5.19. The average Bonchev–Trinajstić information content (AvgIpc) is 3.47. The number of fused-ring (bicyclic) bond motifs is 2. The lowest BCUT2D eigenvalue weighted by Crippen LogP contribution is -2.27. The van der Waals surface area contributed by atoms with Crippen molar-refractivity contribution >= 4 is 44.4 Å². The number of aromatic nitrogens is 6. The summed E-state index contributed by atoms with van der Waals surface area (Å²) in [6, 6.07) is 1.89. The second-order valence-corrected chi connectivity index (χ2v) is 8.39. The Hall–Kier alpha value is -3.84. The van der Waals surface area contributed by atoms with E-state index in [9.17, 15) is 4.79 Å². The molecule has 1 aliphatic heterocycles. The molecular formula is C21H18N8OS. The summed E-state index contributed by atoms with van der Waals surface area (Å²) >= 11 is 1.55. The van der Waals surface area contributed by atoms with Gasteiger partial charge in [-0.15, -0.1) is 0 Å². The predicted molar refractivity (Wildman–Crippen MR) is 118 cm³/mol. The Morgan fingerprint density at radius 1 is 1.35 bits per heavy atom. The van der Waals surface area contributed by atoms with Gasteiger partial charge in [-0.2, -0.15) is 5.10 Å². The fraction of sp³-hybridized carbons (Fsp3) is 0.238. The van der Waals surface area contributed by atoms with E-state index in [1.54, 1.807) is 27.1 Å². The number of thiazole rings is 1. The molecule has 9 nitrogen and oxygen atoms in total. The molecule has 1 fully saturated rings. The summed E-state index contributed by atoms with van der Waals surface area (Å²) in [5, 5.41) is 6.27. The number of nitrogens with two attached hydrogens (primary N) is 1. The lowest BCUT2D eigenvalue weighted by molar-refractivity contribution is -0.125. The second kappa shape index (κ2) is 7.45. The van der Waals surface area contributed by atoms with Gasteiger partial charge in [-0.25, -0.2) is 24.6 Å². The first-order chi connectivity index (χ1) is 15.0. The zero-order chi connectivity index (χ0) is 21.5. The van der Waals surface area contributed by atoms with E-state index in [1.807, 2.05) is 13.0 Å². The average molecular weight is 430 g/mol. The number of carbonyl (C=O) groups excluding carboxylic acids is 1. The number of pyridine rings is 1. The molecule has 0 bridgehead atoms. The Labute approximate surface area is 181 Å². The Balaban J connectivity index is 1.54. The molecule has 1 saturated heterocycles. The van der Waals surface area contributed by atoms with Gasteiger partial charge in [0.2, 0.25) is 5.91 Å². The van der Waals surface area contributed by atoms with Gasteiger partial charge in [0.05, 0.1) is 16.4 Å². The molecule has 31 heavy (non-hydrogen) atoms. The fourth-order valence-corrected chi connectivity index (χ4v) is 4.48. The molecule has 0 unspecified atom stereocenters. The molecule has 4 aromatic rings. The van der Waals surface area contributed by atoms with E-state index in [1.165, 1.54) is 12.4 Å². The Morgan fingerprint density at radius 3 is 3.06 bits per heavy atom. The minimum atomic E-state index is -0.0896. The van der Waals surface area contributed by atoms with Gasteiger partial charge in [0, 0.05) is 24.8 Å². The molecule has 0 aromatic carbocycles. The summed E-state index contributed by atoms with van der Waals surface area (Å²) in [6.45, 7) is 6.68. The number of hydrogen-bond acceptors (Lipinski definition) is 8. The lowest BCUT2D eigenvalue weighted by atomic mass is 10.2. The van der Waals surface area contributed by atoms with Crippen LogP contribution in [0.15, 0.2) is 31.2 Å². The van der Waals surface area contributed by atoms with E-state index in [-0.39, 0.29) is 11.9 Å². The molecule has 0 aliphatic carbocycles. The van der Waals surface area contributed by atoms with Gasteiger partial charge >= 0.3 is 0 Å². The van der Waals surface area contributed by atoms with Gasteiger partial charge in [-0.1, -0.05) is 23.8 Å². The van der Waals surface area contributed by atoms with Crippen LogP contribution < -0.4 is 5.73 Å². The maximum absolute atomic E-state index is 12.0. The minimum absolute atomic E-state index is 0.0211. The number of nitrogens with zero attached hydrogens (tertiary/aromatic N) is 7. The molecule has 4 aromatic heterocycles. The van der Waals surface area contributed by atoms with Gasteiger partial charge in [-0.3, -0.25) is 4.79 Å². The van der Waals surface area contributed by atoms with E-state index in [2.05, 4.69) is 38.4 Å². The van der Waals surface area contributed by atoms with Gasteiger partial charge < -0.3 is 10.6 Å². The number of amides is 1. The van der Waals surface area contributed by atoms with Crippen LogP contribution >= 0.6 is 11.3 Å². The van der Waals surface area contributed by atoms with Crippen molar-refractivity contribution < 1.29 is 4.79 Å². The zero-order valence-electron chi connectivity index (χ0n) is 16.7. The van der Waals surface area contributed by atoms with Crippen molar-refractivity contribution in [3.63, 3.8) is 0 Å². The summed E-state index contributed by atoms with van der Waals surface area (Å²) in [4.78, 5) is 32.0. The van der Waals surface area contributed by atoms with Crippen LogP contribution in [0.3, 0.4) is 0 Å². The summed E-state index contributed by atoms with van der Waals surface area (Å²) < 4.78 is 1.80. The Bertz CT molecular complexity index is 1410. The molecule has 0 spiro atoms. The summed E-state index contributed by atoms with van der Waals surface area (Å²) in [5.74, 6) is 6.44. The summed E-state index contributed by atoms with van der Waals surface area (Å²) in [7, 11) is 0. The number of rotatable bonds is 2. The molecule has 0 radical (unpaired) electrons. The van der Waals surface area contributed by atoms with Crippen molar-refractivity contribution in [1.82, 2.24) is 34.6 Å². The SMILES string of the molecule is C=CC(=O)N1CC[C@H](n2nc(C#Cc3cnc4sc(C)nc4c3)c3c(N)ncnc32)C1. The monoisotopic (exact) mass is 430 g/mol. The van der Waals surface area contributed by atoms with Crippen LogP contribution in [0.2, 0.25) is 0 Å². The molecule has 2 N–H and O–H groups in total. The lowest BCUT2D eigenvalue weighted by Gasteiger charge is -2.14.